The Kier molecular flexibility index (Phi) is 10.9. The zero-order chi connectivity index (χ0) is 34.1. The van der Waals surface area contributed by atoms with Crippen LogP contribution in [0.1, 0.15) is 33.6 Å². The Morgan fingerprint density at radius 1 is 1.14 bits per heavy atom. The summed E-state index contributed by atoms with van der Waals surface area (Å²) in [6.45, 7) is 1.30. The quantitative estimate of drug-likeness (QED) is 0.0392. The van der Waals surface area contributed by atoms with Crippen LogP contribution in [0.25, 0.3) is 0 Å². The van der Waals surface area contributed by atoms with Gasteiger partial charge in [0.15, 0.2) is 29.8 Å². The zero-order valence-corrected chi connectivity index (χ0v) is 29.6. The van der Waals surface area contributed by atoms with Crippen LogP contribution in [-0.2, 0) is 32.3 Å². The van der Waals surface area contributed by atoms with Gasteiger partial charge in [-0.1, -0.05) is 17.3 Å². The van der Waals surface area contributed by atoms with E-state index >= 15 is 0 Å². The van der Waals surface area contributed by atoms with Gasteiger partial charge in [0.25, 0.3) is 11.8 Å². The molecule has 49 heavy (non-hydrogen) atoms. The fourth-order valence-electron chi connectivity index (χ4n) is 5.61. The number of amides is 3. The topological polar surface area (TPSA) is 223 Å². The molecular weight excluding hydrogens is 686 g/mol. The number of likely N-dealkylation sites (tertiary alicyclic amines) is 1. The largest absolute Gasteiger partial charge is 0.543 e. The van der Waals surface area contributed by atoms with Gasteiger partial charge in [-0.2, -0.15) is 0 Å². The number of carbonyl (C=O) groups is 5. The second-order valence-electron chi connectivity index (χ2n) is 11.1. The maximum Gasteiger partial charge on any atom is 0.335 e. The molecule has 6 rings (SSSR count). The number of pyridine rings is 1. The van der Waals surface area contributed by atoms with Crippen LogP contribution in [-0.4, -0.2) is 114 Å². The summed E-state index contributed by atoms with van der Waals surface area (Å²) in [6, 6.07) is 9.31. The summed E-state index contributed by atoms with van der Waals surface area (Å²) in [7, 11) is 0. The second-order valence-corrected chi connectivity index (χ2v) is 13.1. The molecule has 15 nitrogen and oxygen atoms in total. The summed E-state index contributed by atoms with van der Waals surface area (Å²) in [4.78, 5) is 69.1. The van der Waals surface area contributed by atoms with Gasteiger partial charge in [0.2, 0.25) is 5.91 Å². The Bertz CT molecular complexity index is 1930. The van der Waals surface area contributed by atoms with Crippen LogP contribution in [0.15, 0.2) is 82.2 Å². The van der Waals surface area contributed by atoms with Gasteiger partial charge in [-0.15, -0.1) is 23.1 Å². The molecule has 3 aromatic rings. The van der Waals surface area contributed by atoms with Crippen LogP contribution < -0.4 is 20.7 Å². The zero-order valence-electron chi connectivity index (χ0n) is 25.9. The first kappa shape index (κ1) is 35.7. The van der Waals surface area contributed by atoms with Gasteiger partial charge in [-0.25, -0.2) is 14.3 Å². The summed E-state index contributed by atoms with van der Waals surface area (Å²) in [5, 5.41) is 36.9. The number of fused-ring (bicyclic) bond motifs is 1. The van der Waals surface area contributed by atoms with E-state index in [-0.39, 0.29) is 68.9 Å². The molecule has 2 saturated heterocycles. The molecule has 0 unspecified atom stereocenters. The van der Waals surface area contributed by atoms with E-state index in [2.05, 4.69) is 15.5 Å². The van der Waals surface area contributed by atoms with Crippen molar-refractivity contribution in [3.05, 3.63) is 99.5 Å². The predicted octanol–water partition coefficient (Wildman–Crippen LogP) is -0.680. The van der Waals surface area contributed by atoms with Gasteiger partial charge in [-0.3, -0.25) is 19.3 Å². The van der Waals surface area contributed by atoms with Crippen LogP contribution in [0.5, 0.6) is 0 Å². The summed E-state index contributed by atoms with van der Waals surface area (Å²) >= 11 is 2.25. The number of rotatable bonds is 10. The monoisotopic (exact) mass is 712 g/mol. The molecule has 1 radical (unpaired) electrons. The first-order valence-electron chi connectivity index (χ1n) is 14.5. The van der Waals surface area contributed by atoms with Crippen LogP contribution in [0.4, 0.5) is 5.13 Å². The number of aromatic nitrogens is 2. The molecule has 2 aromatic heterocycles. The minimum atomic E-state index is -1.58. The van der Waals surface area contributed by atoms with E-state index in [0.29, 0.717) is 31.6 Å². The van der Waals surface area contributed by atoms with E-state index in [1.54, 1.807) is 29.2 Å². The van der Waals surface area contributed by atoms with E-state index in [1.165, 1.54) is 23.2 Å². The van der Waals surface area contributed by atoms with Crippen LogP contribution in [0.2, 0.25) is 0 Å². The Hall–Kier alpha value is -4.55. The van der Waals surface area contributed by atoms with E-state index in [1.807, 2.05) is 29.1 Å². The van der Waals surface area contributed by atoms with Crippen molar-refractivity contribution in [1.29, 1.82) is 0 Å². The molecule has 3 amide bonds. The van der Waals surface area contributed by atoms with Gasteiger partial charge < -0.3 is 36.2 Å². The molecule has 18 heteroatoms. The molecule has 1 aromatic carbocycles. The number of nitrogen functional groups attached to an aromatic ring is 1. The summed E-state index contributed by atoms with van der Waals surface area (Å²) in [6.07, 6.45) is 5.63. The number of β-lactam (4-membered cyclic amide) rings is 1. The average Bonchev–Trinajstić information content (AvgIpc) is 3.65. The van der Waals surface area contributed by atoms with Crippen molar-refractivity contribution >= 4 is 93.2 Å². The number of nitrogens with one attached hydrogen (secondary N) is 1. The number of allylic oxidation sites excluding steroid dienone is 1. The molecule has 247 valence electrons. The Balaban J connectivity index is 0.00000468. The average molecular weight is 713 g/mol. The molecule has 2 atom stereocenters. The minimum Gasteiger partial charge on any atom is -0.543 e. The normalized spacial score (nSPS) is 19.8. The number of aliphatic carboxylic acids is 1. The molecule has 0 saturated carbocycles. The van der Waals surface area contributed by atoms with E-state index in [0.717, 1.165) is 27.4 Å². The summed E-state index contributed by atoms with van der Waals surface area (Å²) in [5.41, 5.74) is 7.51. The van der Waals surface area contributed by atoms with Gasteiger partial charge in [0.1, 0.15) is 17.1 Å². The molecule has 0 aliphatic carbocycles. The standard InChI is InChI=1S/C31H27N7O8S2.Na/c32-31-33-21(15-48-31)22(35-46)25(39)34-23-27(41)38-24(30(44)45)20(14-47-28(23)38)11-19-7-10-37(26(19)40)13-17-5-8-36(9-6-17)12-16-1-3-18(4-2-16)29(42)43;/h1-6,8-9,11,15,23,28H,7,10,12-14H2,(H5-,32,33,34,39,42,43,44,45,46);/t23-,28-;/m1./s1. The number of nitrogens with zero attached hydrogens (tertiary/aromatic N) is 5. The molecule has 5 N–H and O–H groups in total. The summed E-state index contributed by atoms with van der Waals surface area (Å²) < 4.78 is 1.93. The smallest absolute Gasteiger partial charge is 0.335 e. The van der Waals surface area contributed by atoms with Crippen LogP contribution in [0, 0.1) is 0 Å². The number of oxime groups is 1. The molecular formula is C31H27N7NaO8S2. The number of carbonyl (C=O) groups excluding carboxylic acids is 4. The third kappa shape index (κ3) is 7.40. The number of hydrogen-bond acceptors (Lipinski definition) is 12. The van der Waals surface area contributed by atoms with Gasteiger partial charge >= 0.3 is 5.97 Å². The number of hydrogen-bond donors (Lipinski definition) is 4. The number of anilines is 1. The number of aromatic carboxylic acids is 1. The fourth-order valence-corrected chi connectivity index (χ4v) is 7.46. The molecule has 3 aliphatic rings. The molecule has 0 bridgehead atoms. The Morgan fingerprint density at radius 3 is 2.47 bits per heavy atom. The second kappa shape index (κ2) is 14.9. The van der Waals surface area contributed by atoms with Crippen molar-refractivity contribution in [3.8, 4) is 0 Å². The predicted molar refractivity (Wildman–Crippen MR) is 175 cm³/mol. The fraction of sp³-hybridized carbons (Fsp3) is 0.226. The molecule has 5 heterocycles. The van der Waals surface area contributed by atoms with Crippen molar-refractivity contribution < 1.29 is 44.0 Å². The SMILES string of the molecule is Nc1nc(C(=NO)C(=O)N[C@@H]2C(=O)N3C(C(=O)[O-])=C(C=C4CCN(Cc5cc[n+](Cc6ccc(C(=O)O)cc6)cc5)C4=O)CS[C@H]23)cs1.[Na]. The Morgan fingerprint density at radius 2 is 1.86 bits per heavy atom. The van der Waals surface area contributed by atoms with Crippen molar-refractivity contribution in [3.63, 3.8) is 0 Å². The van der Waals surface area contributed by atoms with E-state index < -0.39 is 40.9 Å². The van der Waals surface area contributed by atoms with Crippen LogP contribution >= 0.6 is 23.1 Å². The van der Waals surface area contributed by atoms with Gasteiger partial charge in [-0.05, 0) is 35.8 Å². The third-order valence-corrected chi connectivity index (χ3v) is 9.99. The minimum absolute atomic E-state index is 0. The maximum absolute atomic E-state index is 13.3. The number of nitrogens with two attached hydrogens (primary N) is 1. The van der Waals surface area contributed by atoms with Crippen LogP contribution in [0.3, 0.4) is 0 Å². The number of thiazole rings is 1. The van der Waals surface area contributed by atoms with Crippen molar-refractivity contribution in [2.75, 3.05) is 18.0 Å². The third-order valence-electron chi connectivity index (χ3n) is 8.02. The number of carboxylic acids is 2. The molecule has 3 aliphatic heterocycles. The van der Waals surface area contributed by atoms with E-state index in [4.69, 9.17) is 10.8 Å². The summed E-state index contributed by atoms with van der Waals surface area (Å²) in [5.74, 6) is -4.25. The first-order chi connectivity index (χ1) is 23.0. The van der Waals surface area contributed by atoms with Crippen molar-refractivity contribution in [1.82, 2.24) is 20.1 Å². The van der Waals surface area contributed by atoms with Gasteiger partial charge in [0, 0.05) is 77.0 Å². The number of thioether (sulfide) groups is 1. The number of carboxylic acid groups (broad SMARTS) is 2. The maximum atomic E-state index is 13.3. The first-order valence-corrected chi connectivity index (χ1v) is 16.4. The molecule has 2 fully saturated rings. The molecule has 0 spiro atoms. The number of benzene rings is 1. The Labute approximate surface area is 309 Å². The van der Waals surface area contributed by atoms with Crippen molar-refractivity contribution in [2.24, 2.45) is 5.16 Å². The van der Waals surface area contributed by atoms with E-state index in [9.17, 15) is 34.3 Å². The van der Waals surface area contributed by atoms with Gasteiger partial charge in [0.05, 0.1) is 17.2 Å². The van der Waals surface area contributed by atoms with Crippen molar-refractivity contribution in [2.45, 2.75) is 30.9 Å².